The van der Waals surface area contributed by atoms with E-state index in [0.717, 1.165) is 0 Å². The Morgan fingerprint density at radius 1 is 1.19 bits per heavy atom. The molecule has 2 aromatic rings. The number of nitrogens with one attached hydrogen (secondary N) is 1. The molecule has 0 aliphatic carbocycles. The number of rotatable bonds is 4. The van der Waals surface area contributed by atoms with Crippen LogP contribution in [0.5, 0.6) is 5.75 Å². The average molecular weight is 427 g/mol. The zero-order valence-corrected chi connectivity index (χ0v) is 16.4. The minimum Gasteiger partial charge on any atom is -0.488 e. The lowest BCUT2D eigenvalue weighted by molar-refractivity contribution is -0.149. The summed E-state index contributed by atoms with van der Waals surface area (Å²) in [4.78, 5) is 24.6. The molecule has 5 nitrogen and oxygen atoms in total. The third kappa shape index (κ3) is 4.56. The molecule has 1 unspecified atom stereocenters. The molecule has 1 aliphatic heterocycles. The summed E-state index contributed by atoms with van der Waals surface area (Å²) >= 11 is 17.9. The molecule has 0 bridgehead atoms. The van der Waals surface area contributed by atoms with Crippen LogP contribution in [0.25, 0.3) is 6.08 Å². The lowest BCUT2D eigenvalue weighted by Crippen LogP contribution is -2.31. The van der Waals surface area contributed by atoms with Crippen molar-refractivity contribution in [2.75, 3.05) is 11.9 Å². The fourth-order valence-corrected chi connectivity index (χ4v) is 2.92. The first-order chi connectivity index (χ1) is 12.8. The summed E-state index contributed by atoms with van der Waals surface area (Å²) < 4.78 is 10.7. The van der Waals surface area contributed by atoms with Gasteiger partial charge < -0.3 is 14.8 Å². The number of hydrogen-bond donors (Lipinski definition) is 1. The molecule has 8 heteroatoms. The Kier molecular flexibility index (Phi) is 5.95. The van der Waals surface area contributed by atoms with Crippen LogP contribution in [0.3, 0.4) is 0 Å². The molecule has 1 N–H and O–H groups in total. The second-order valence-corrected chi connectivity index (χ2v) is 7.00. The topological polar surface area (TPSA) is 64.6 Å². The highest BCUT2D eigenvalue weighted by molar-refractivity contribution is 6.44. The van der Waals surface area contributed by atoms with Crippen molar-refractivity contribution in [3.63, 3.8) is 0 Å². The molecular formula is C19H14Cl3NO4. The molecule has 1 atom stereocenters. The number of esters is 1. The number of fused-ring (bicyclic) bond motifs is 1. The third-order valence-corrected chi connectivity index (χ3v) is 4.86. The second kappa shape index (κ2) is 8.21. The molecule has 0 aromatic heterocycles. The van der Waals surface area contributed by atoms with Crippen LogP contribution in [-0.4, -0.2) is 24.6 Å². The smallest absolute Gasteiger partial charge is 0.338 e. The monoisotopic (exact) mass is 425 g/mol. The largest absolute Gasteiger partial charge is 0.488 e. The number of carbonyl (C=O) groups is 2. The molecule has 1 heterocycles. The SMILES string of the molecule is CC(OC(=O)C1=Cc2cc(Cl)ccc2OC1)C(=O)Nc1cccc(Cl)c1Cl. The zero-order chi connectivity index (χ0) is 19.6. The average Bonchev–Trinajstić information content (AvgIpc) is 2.64. The van der Waals surface area contributed by atoms with E-state index in [-0.39, 0.29) is 17.2 Å². The Labute approximate surface area is 170 Å². The molecule has 0 spiro atoms. The number of benzene rings is 2. The number of amides is 1. The third-order valence-electron chi connectivity index (χ3n) is 3.81. The van der Waals surface area contributed by atoms with Crippen LogP contribution in [0.1, 0.15) is 12.5 Å². The maximum absolute atomic E-state index is 12.4. The fourth-order valence-electron chi connectivity index (χ4n) is 2.39. The molecule has 1 amide bonds. The predicted octanol–water partition coefficient (Wildman–Crippen LogP) is 4.99. The summed E-state index contributed by atoms with van der Waals surface area (Å²) in [7, 11) is 0. The van der Waals surface area contributed by atoms with Gasteiger partial charge in [-0.25, -0.2) is 4.79 Å². The van der Waals surface area contributed by atoms with Crippen molar-refractivity contribution in [1.29, 1.82) is 0 Å². The van der Waals surface area contributed by atoms with E-state index in [1.807, 2.05) is 0 Å². The predicted molar refractivity (Wildman–Crippen MR) is 106 cm³/mol. The molecule has 3 rings (SSSR count). The number of hydrogen-bond acceptors (Lipinski definition) is 4. The van der Waals surface area contributed by atoms with Crippen LogP contribution in [0.2, 0.25) is 15.1 Å². The summed E-state index contributed by atoms with van der Waals surface area (Å²) in [6, 6.07) is 9.95. The Hall–Kier alpha value is -2.21. The highest BCUT2D eigenvalue weighted by atomic mass is 35.5. The molecule has 27 heavy (non-hydrogen) atoms. The van der Waals surface area contributed by atoms with Crippen LogP contribution >= 0.6 is 34.8 Å². The molecule has 2 aromatic carbocycles. The van der Waals surface area contributed by atoms with Gasteiger partial charge in [0, 0.05) is 10.6 Å². The van der Waals surface area contributed by atoms with Crippen LogP contribution in [0, 0.1) is 0 Å². The highest BCUT2D eigenvalue weighted by Gasteiger charge is 2.24. The highest BCUT2D eigenvalue weighted by Crippen LogP contribution is 2.30. The van der Waals surface area contributed by atoms with Gasteiger partial charge >= 0.3 is 5.97 Å². The van der Waals surface area contributed by atoms with E-state index in [1.54, 1.807) is 42.5 Å². The van der Waals surface area contributed by atoms with Crippen molar-refractivity contribution in [3.8, 4) is 5.75 Å². The number of ether oxygens (including phenoxy) is 2. The standard InChI is InChI=1S/C19H14Cl3NO4/c1-10(18(24)23-15-4-2-3-14(21)17(15)22)27-19(25)12-7-11-8-13(20)5-6-16(11)26-9-12/h2-8,10H,9H2,1H3,(H,23,24). The van der Waals surface area contributed by atoms with Crippen molar-refractivity contribution in [3.05, 3.63) is 62.6 Å². The van der Waals surface area contributed by atoms with Crippen LogP contribution in [0.4, 0.5) is 5.69 Å². The molecule has 0 radical (unpaired) electrons. The maximum atomic E-state index is 12.4. The van der Waals surface area contributed by atoms with Crippen molar-refractivity contribution in [1.82, 2.24) is 0 Å². The van der Waals surface area contributed by atoms with Crippen LogP contribution in [-0.2, 0) is 14.3 Å². The Balaban J connectivity index is 1.67. The van der Waals surface area contributed by atoms with Gasteiger partial charge in [-0.15, -0.1) is 0 Å². The minimum atomic E-state index is -1.05. The number of anilines is 1. The maximum Gasteiger partial charge on any atom is 0.338 e. The van der Waals surface area contributed by atoms with Gasteiger partial charge in [0.2, 0.25) is 0 Å². The van der Waals surface area contributed by atoms with Crippen LogP contribution < -0.4 is 10.1 Å². The summed E-state index contributed by atoms with van der Waals surface area (Å²) in [6.45, 7) is 1.50. The van der Waals surface area contributed by atoms with E-state index in [0.29, 0.717) is 27.0 Å². The van der Waals surface area contributed by atoms with E-state index in [1.165, 1.54) is 6.92 Å². The van der Waals surface area contributed by atoms with E-state index < -0.39 is 18.0 Å². The van der Waals surface area contributed by atoms with E-state index in [9.17, 15) is 9.59 Å². The van der Waals surface area contributed by atoms with E-state index in [2.05, 4.69) is 5.32 Å². The molecular weight excluding hydrogens is 413 g/mol. The Bertz CT molecular complexity index is 943. The van der Waals surface area contributed by atoms with Gasteiger partial charge in [-0.3, -0.25) is 4.79 Å². The second-order valence-electron chi connectivity index (χ2n) is 5.78. The normalized spacial score (nSPS) is 13.7. The number of halogens is 3. The van der Waals surface area contributed by atoms with E-state index in [4.69, 9.17) is 44.3 Å². The molecule has 0 saturated carbocycles. The van der Waals surface area contributed by atoms with Crippen LogP contribution in [0.15, 0.2) is 42.0 Å². The molecule has 0 fully saturated rings. The lowest BCUT2D eigenvalue weighted by Gasteiger charge is -2.19. The molecule has 140 valence electrons. The van der Waals surface area contributed by atoms with Gasteiger partial charge in [-0.05, 0) is 43.3 Å². The Morgan fingerprint density at radius 3 is 2.74 bits per heavy atom. The molecule has 1 aliphatic rings. The van der Waals surface area contributed by atoms with Gasteiger partial charge in [0.05, 0.1) is 21.3 Å². The van der Waals surface area contributed by atoms with Gasteiger partial charge in [0.25, 0.3) is 5.91 Å². The summed E-state index contributed by atoms with van der Waals surface area (Å²) in [5.41, 5.74) is 1.29. The fraction of sp³-hybridized carbons (Fsp3) is 0.158. The Morgan fingerprint density at radius 2 is 1.96 bits per heavy atom. The zero-order valence-electron chi connectivity index (χ0n) is 14.1. The first kappa shape index (κ1) is 19.5. The van der Waals surface area contributed by atoms with Crippen molar-refractivity contribution in [2.24, 2.45) is 0 Å². The summed E-state index contributed by atoms with van der Waals surface area (Å²) in [6.07, 6.45) is 0.583. The van der Waals surface area contributed by atoms with Gasteiger partial charge in [-0.2, -0.15) is 0 Å². The van der Waals surface area contributed by atoms with Crippen molar-refractivity contribution < 1.29 is 19.1 Å². The molecule has 0 saturated heterocycles. The first-order valence-corrected chi connectivity index (χ1v) is 9.07. The van der Waals surface area contributed by atoms with Crippen molar-refractivity contribution >= 4 is 58.4 Å². The summed E-state index contributed by atoms with van der Waals surface area (Å²) in [5.74, 6) is -0.564. The van der Waals surface area contributed by atoms with E-state index >= 15 is 0 Å². The lowest BCUT2D eigenvalue weighted by atomic mass is 10.1. The van der Waals surface area contributed by atoms with Gasteiger partial charge in [0.15, 0.2) is 6.10 Å². The quantitative estimate of drug-likeness (QED) is 0.699. The first-order valence-electron chi connectivity index (χ1n) is 7.94. The summed E-state index contributed by atoms with van der Waals surface area (Å²) in [5, 5.41) is 3.62. The minimum absolute atomic E-state index is 0.0436. The van der Waals surface area contributed by atoms with Crippen molar-refractivity contribution in [2.45, 2.75) is 13.0 Å². The number of carbonyl (C=O) groups excluding carboxylic acids is 2. The van der Waals surface area contributed by atoms with Gasteiger partial charge in [-0.1, -0.05) is 40.9 Å². The van der Waals surface area contributed by atoms with Gasteiger partial charge in [0.1, 0.15) is 12.4 Å².